The highest BCUT2D eigenvalue weighted by Crippen LogP contribution is 2.18. The molecule has 0 radical (unpaired) electrons. The van der Waals surface area contributed by atoms with Crippen LogP contribution in [0.4, 0.5) is 4.39 Å². The third-order valence-electron chi connectivity index (χ3n) is 5.31. The van der Waals surface area contributed by atoms with Gasteiger partial charge in [-0.15, -0.1) is 0 Å². The maximum absolute atomic E-state index is 13.7. The van der Waals surface area contributed by atoms with Crippen LogP contribution < -0.4 is 15.4 Å². The summed E-state index contributed by atoms with van der Waals surface area (Å²) in [6.45, 7) is 4.50. The van der Waals surface area contributed by atoms with Gasteiger partial charge in [0.15, 0.2) is 17.5 Å². The van der Waals surface area contributed by atoms with Crippen molar-refractivity contribution in [2.24, 2.45) is 10.9 Å². The number of benzene rings is 2. The second-order valence-corrected chi connectivity index (χ2v) is 7.84. The van der Waals surface area contributed by atoms with E-state index >= 15 is 0 Å². The number of carbonyl (C=O) groups excluding carboxylic acids is 1. The van der Waals surface area contributed by atoms with Crippen LogP contribution in [0, 0.1) is 11.7 Å². The highest BCUT2D eigenvalue weighted by atomic mass is 19.1. The zero-order valence-corrected chi connectivity index (χ0v) is 18.2. The van der Waals surface area contributed by atoms with E-state index in [4.69, 9.17) is 4.74 Å². The van der Waals surface area contributed by atoms with Crippen LogP contribution in [0.15, 0.2) is 59.6 Å². The van der Waals surface area contributed by atoms with Crippen molar-refractivity contribution in [3.05, 3.63) is 66.0 Å². The molecule has 0 spiro atoms. The SMILES string of the molecule is CN=C(NCC1CC(=O)N(CCc2ccccc2)C1)NCC(C)Oc1ccccc1F. The lowest BCUT2D eigenvalue weighted by molar-refractivity contribution is -0.127. The fourth-order valence-corrected chi connectivity index (χ4v) is 3.62. The summed E-state index contributed by atoms with van der Waals surface area (Å²) >= 11 is 0. The van der Waals surface area contributed by atoms with Gasteiger partial charge in [-0.05, 0) is 31.0 Å². The molecule has 2 N–H and O–H groups in total. The third kappa shape index (κ3) is 6.98. The summed E-state index contributed by atoms with van der Waals surface area (Å²) < 4.78 is 19.3. The van der Waals surface area contributed by atoms with Gasteiger partial charge in [-0.3, -0.25) is 9.79 Å². The lowest BCUT2D eigenvalue weighted by Crippen LogP contribution is -2.43. The van der Waals surface area contributed by atoms with Crippen LogP contribution in [-0.4, -0.2) is 56.1 Å². The number of likely N-dealkylation sites (tertiary alicyclic amines) is 1. The smallest absolute Gasteiger partial charge is 0.223 e. The Morgan fingerprint density at radius 3 is 2.68 bits per heavy atom. The van der Waals surface area contributed by atoms with Gasteiger partial charge in [0.1, 0.15) is 6.10 Å². The first-order valence-corrected chi connectivity index (χ1v) is 10.7. The number of aliphatic imine (C=N–C) groups is 1. The number of guanidine groups is 1. The van der Waals surface area contributed by atoms with Crippen molar-refractivity contribution in [3.8, 4) is 5.75 Å². The molecule has 1 fully saturated rings. The number of rotatable bonds is 9. The van der Waals surface area contributed by atoms with Gasteiger partial charge in [0.2, 0.25) is 5.91 Å². The van der Waals surface area contributed by atoms with E-state index in [0.717, 1.165) is 19.5 Å². The van der Waals surface area contributed by atoms with Crippen molar-refractivity contribution in [2.75, 3.05) is 33.2 Å². The lowest BCUT2D eigenvalue weighted by Gasteiger charge is -2.19. The molecule has 2 aromatic rings. The molecular formula is C24H31FN4O2. The monoisotopic (exact) mass is 426 g/mol. The van der Waals surface area contributed by atoms with Gasteiger partial charge in [0, 0.05) is 39.0 Å². The number of ether oxygens (including phenoxy) is 1. The Balaban J connectivity index is 1.38. The van der Waals surface area contributed by atoms with Crippen molar-refractivity contribution < 1.29 is 13.9 Å². The number of nitrogens with one attached hydrogen (secondary N) is 2. The van der Waals surface area contributed by atoms with E-state index in [-0.39, 0.29) is 29.5 Å². The fraction of sp³-hybridized carbons (Fsp3) is 0.417. The molecule has 7 heteroatoms. The molecule has 166 valence electrons. The van der Waals surface area contributed by atoms with Gasteiger partial charge in [0.05, 0.1) is 6.54 Å². The van der Waals surface area contributed by atoms with Crippen molar-refractivity contribution in [2.45, 2.75) is 25.9 Å². The highest BCUT2D eigenvalue weighted by Gasteiger charge is 2.29. The van der Waals surface area contributed by atoms with Gasteiger partial charge >= 0.3 is 0 Å². The largest absolute Gasteiger partial charge is 0.486 e. The predicted molar refractivity (Wildman–Crippen MR) is 121 cm³/mol. The summed E-state index contributed by atoms with van der Waals surface area (Å²) in [6, 6.07) is 16.6. The number of hydrogen-bond acceptors (Lipinski definition) is 3. The molecule has 2 aromatic carbocycles. The third-order valence-corrected chi connectivity index (χ3v) is 5.31. The summed E-state index contributed by atoms with van der Waals surface area (Å²) in [5.74, 6) is 0.949. The van der Waals surface area contributed by atoms with Crippen LogP contribution in [0.3, 0.4) is 0 Å². The van der Waals surface area contributed by atoms with E-state index in [9.17, 15) is 9.18 Å². The summed E-state index contributed by atoms with van der Waals surface area (Å²) in [5.41, 5.74) is 1.24. The van der Waals surface area contributed by atoms with E-state index in [1.54, 1.807) is 25.2 Å². The lowest BCUT2D eigenvalue weighted by atomic mass is 10.1. The Morgan fingerprint density at radius 1 is 1.19 bits per heavy atom. The van der Waals surface area contributed by atoms with E-state index in [1.165, 1.54) is 11.6 Å². The minimum absolute atomic E-state index is 0.206. The Bertz CT molecular complexity index is 875. The molecule has 1 amide bonds. The Morgan fingerprint density at radius 2 is 1.94 bits per heavy atom. The van der Waals surface area contributed by atoms with E-state index in [1.807, 2.05) is 30.0 Å². The average molecular weight is 427 g/mol. The second-order valence-electron chi connectivity index (χ2n) is 7.84. The first-order valence-electron chi connectivity index (χ1n) is 10.7. The van der Waals surface area contributed by atoms with Gasteiger partial charge in [0.25, 0.3) is 0 Å². The van der Waals surface area contributed by atoms with Gasteiger partial charge in [-0.25, -0.2) is 4.39 Å². The summed E-state index contributed by atoms with van der Waals surface area (Å²) in [5, 5.41) is 6.48. The molecule has 3 rings (SSSR count). The predicted octanol–water partition coefficient (Wildman–Crippen LogP) is 2.85. The van der Waals surface area contributed by atoms with E-state index in [2.05, 4.69) is 27.8 Å². The van der Waals surface area contributed by atoms with Crippen LogP contribution in [0.25, 0.3) is 0 Å². The molecule has 1 saturated heterocycles. The maximum Gasteiger partial charge on any atom is 0.223 e. The highest BCUT2D eigenvalue weighted by molar-refractivity contribution is 5.80. The molecule has 1 aliphatic heterocycles. The molecule has 6 nitrogen and oxygen atoms in total. The number of carbonyl (C=O) groups is 1. The van der Waals surface area contributed by atoms with E-state index < -0.39 is 0 Å². The van der Waals surface area contributed by atoms with Gasteiger partial charge < -0.3 is 20.3 Å². The average Bonchev–Trinajstić information content (AvgIpc) is 3.14. The van der Waals surface area contributed by atoms with E-state index in [0.29, 0.717) is 25.5 Å². The molecular weight excluding hydrogens is 395 g/mol. The first kappa shape index (κ1) is 22.6. The summed E-state index contributed by atoms with van der Waals surface area (Å²) in [6.07, 6.45) is 1.18. The van der Waals surface area contributed by atoms with Gasteiger partial charge in [-0.2, -0.15) is 0 Å². The van der Waals surface area contributed by atoms with Gasteiger partial charge in [-0.1, -0.05) is 42.5 Å². The zero-order chi connectivity index (χ0) is 22.1. The summed E-state index contributed by atoms with van der Waals surface area (Å²) in [4.78, 5) is 18.5. The topological polar surface area (TPSA) is 66.0 Å². The van der Waals surface area contributed by atoms with Crippen molar-refractivity contribution in [3.63, 3.8) is 0 Å². The number of amides is 1. The number of nitrogens with zero attached hydrogens (tertiary/aromatic N) is 2. The minimum atomic E-state index is -0.375. The van der Waals surface area contributed by atoms with Crippen LogP contribution in [-0.2, 0) is 11.2 Å². The maximum atomic E-state index is 13.7. The molecule has 2 atom stereocenters. The molecule has 0 bridgehead atoms. The van der Waals surface area contributed by atoms with Crippen LogP contribution in [0.1, 0.15) is 18.9 Å². The first-order chi connectivity index (χ1) is 15.0. The molecule has 1 aliphatic rings. The molecule has 31 heavy (non-hydrogen) atoms. The molecule has 2 unspecified atom stereocenters. The number of hydrogen-bond donors (Lipinski definition) is 2. The molecule has 0 saturated carbocycles. The second kappa shape index (κ2) is 11.3. The number of halogens is 1. The van der Waals surface area contributed by atoms with Crippen molar-refractivity contribution in [1.82, 2.24) is 15.5 Å². The zero-order valence-electron chi connectivity index (χ0n) is 18.2. The quantitative estimate of drug-likeness (QED) is 0.478. The van der Waals surface area contributed by atoms with Crippen LogP contribution in [0.5, 0.6) is 5.75 Å². The fourth-order valence-electron chi connectivity index (χ4n) is 3.62. The standard InChI is InChI=1S/C24H31FN4O2/c1-18(31-22-11-7-6-10-21(22)25)15-27-24(26-2)28-16-20-14-23(30)29(17-20)13-12-19-8-4-3-5-9-19/h3-11,18,20H,12-17H2,1-2H3,(H2,26,27,28). The summed E-state index contributed by atoms with van der Waals surface area (Å²) in [7, 11) is 1.70. The Hall–Kier alpha value is -3.09. The normalized spacial score (nSPS) is 17.5. The molecule has 0 aliphatic carbocycles. The number of para-hydroxylation sites is 1. The van der Waals surface area contributed by atoms with Crippen molar-refractivity contribution >= 4 is 11.9 Å². The molecule has 0 aromatic heterocycles. The van der Waals surface area contributed by atoms with Crippen LogP contribution >= 0.6 is 0 Å². The molecule has 1 heterocycles. The van der Waals surface area contributed by atoms with Crippen LogP contribution in [0.2, 0.25) is 0 Å². The Labute approximate surface area is 183 Å². The Kier molecular flexibility index (Phi) is 8.27. The van der Waals surface area contributed by atoms with Crippen molar-refractivity contribution in [1.29, 1.82) is 0 Å². The minimum Gasteiger partial charge on any atom is -0.486 e.